The lowest BCUT2D eigenvalue weighted by atomic mass is 9.97. The number of likely N-dealkylation sites (N-methyl/N-ethyl adjacent to an activating group) is 1. The van der Waals surface area contributed by atoms with Crippen LogP contribution in [-0.2, 0) is 0 Å². The van der Waals surface area contributed by atoms with Gasteiger partial charge in [-0.05, 0) is 45.1 Å². The Kier molecular flexibility index (Phi) is 4.33. The molecule has 0 radical (unpaired) electrons. The summed E-state index contributed by atoms with van der Waals surface area (Å²) in [4.78, 5) is 2.13. The number of ether oxygens (including phenoxy) is 1. The summed E-state index contributed by atoms with van der Waals surface area (Å²) in [5, 5.41) is 0. The van der Waals surface area contributed by atoms with E-state index < -0.39 is 0 Å². The highest BCUT2D eigenvalue weighted by molar-refractivity contribution is 5.45. The molecule has 0 aliphatic heterocycles. The van der Waals surface area contributed by atoms with Gasteiger partial charge in [-0.1, -0.05) is 6.07 Å². The van der Waals surface area contributed by atoms with E-state index in [1.807, 2.05) is 14.1 Å². The Labute approximate surface area is 98.2 Å². The molecule has 2 N–H and O–H groups in total. The van der Waals surface area contributed by atoms with Crippen molar-refractivity contribution in [3.05, 3.63) is 28.8 Å². The molecule has 0 aliphatic carbocycles. The van der Waals surface area contributed by atoms with Crippen molar-refractivity contribution in [3.63, 3.8) is 0 Å². The maximum Gasteiger partial charge on any atom is 0.124 e. The Morgan fingerprint density at radius 1 is 1.31 bits per heavy atom. The number of benzene rings is 1. The zero-order valence-corrected chi connectivity index (χ0v) is 10.9. The SMILES string of the molecule is COc1cc(C)cc(C)c1C(CN)N(C)C. The van der Waals surface area contributed by atoms with Crippen LogP contribution in [0.2, 0.25) is 0 Å². The standard InChI is InChI=1S/C13H22N2O/c1-9-6-10(2)13(12(7-9)16-5)11(8-14)15(3)4/h6-7,11H,8,14H2,1-5H3. The van der Waals surface area contributed by atoms with Gasteiger partial charge in [0.1, 0.15) is 5.75 Å². The quantitative estimate of drug-likeness (QED) is 0.845. The molecule has 0 fully saturated rings. The number of nitrogens with zero attached hydrogens (tertiary/aromatic N) is 1. The summed E-state index contributed by atoms with van der Waals surface area (Å²) in [6, 6.07) is 4.44. The molecule has 0 saturated carbocycles. The molecule has 1 unspecified atom stereocenters. The molecule has 0 aliphatic rings. The Bertz CT molecular complexity index is 361. The van der Waals surface area contributed by atoms with E-state index in [1.54, 1.807) is 7.11 Å². The van der Waals surface area contributed by atoms with E-state index in [-0.39, 0.29) is 6.04 Å². The third-order valence-corrected chi connectivity index (χ3v) is 2.89. The van der Waals surface area contributed by atoms with Gasteiger partial charge in [0, 0.05) is 12.1 Å². The lowest BCUT2D eigenvalue weighted by Gasteiger charge is -2.26. The van der Waals surface area contributed by atoms with E-state index in [2.05, 4.69) is 30.9 Å². The normalized spacial score (nSPS) is 12.9. The molecular weight excluding hydrogens is 200 g/mol. The summed E-state index contributed by atoms with van der Waals surface area (Å²) in [5.41, 5.74) is 9.49. The maximum absolute atomic E-state index is 5.84. The van der Waals surface area contributed by atoms with Crippen molar-refractivity contribution in [2.75, 3.05) is 27.7 Å². The number of hydrogen-bond donors (Lipinski definition) is 1. The number of aryl methyl sites for hydroxylation is 2. The van der Waals surface area contributed by atoms with Crippen molar-refractivity contribution in [3.8, 4) is 5.75 Å². The highest BCUT2D eigenvalue weighted by Crippen LogP contribution is 2.31. The minimum Gasteiger partial charge on any atom is -0.496 e. The molecule has 0 bridgehead atoms. The first-order chi connectivity index (χ1) is 7.51. The Hall–Kier alpha value is -1.06. The summed E-state index contributed by atoms with van der Waals surface area (Å²) in [7, 11) is 5.79. The lowest BCUT2D eigenvalue weighted by molar-refractivity contribution is 0.293. The Morgan fingerprint density at radius 2 is 1.94 bits per heavy atom. The largest absolute Gasteiger partial charge is 0.496 e. The molecule has 1 aromatic carbocycles. The first-order valence-corrected chi connectivity index (χ1v) is 5.52. The van der Waals surface area contributed by atoms with Gasteiger partial charge >= 0.3 is 0 Å². The highest BCUT2D eigenvalue weighted by Gasteiger charge is 2.19. The average Bonchev–Trinajstić information content (AvgIpc) is 2.21. The fraction of sp³-hybridized carbons (Fsp3) is 0.538. The van der Waals surface area contributed by atoms with Crippen molar-refractivity contribution >= 4 is 0 Å². The molecule has 90 valence electrons. The van der Waals surface area contributed by atoms with E-state index in [9.17, 15) is 0 Å². The van der Waals surface area contributed by atoms with Crippen LogP contribution in [0.25, 0.3) is 0 Å². The van der Waals surface area contributed by atoms with Crippen LogP contribution in [0.5, 0.6) is 5.75 Å². The summed E-state index contributed by atoms with van der Waals surface area (Å²) >= 11 is 0. The molecule has 0 heterocycles. The molecule has 1 rings (SSSR count). The smallest absolute Gasteiger partial charge is 0.124 e. The van der Waals surface area contributed by atoms with Crippen molar-refractivity contribution in [2.24, 2.45) is 5.73 Å². The second kappa shape index (κ2) is 5.32. The molecule has 0 amide bonds. The van der Waals surface area contributed by atoms with E-state index in [0.29, 0.717) is 6.54 Å². The second-order valence-electron chi connectivity index (χ2n) is 4.41. The lowest BCUT2D eigenvalue weighted by Crippen LogP contribution is -2.28. The molecular formula is C13H22N2O. The molecule has 16 heavy (non-hydrogen) atoms. The molecule has 0 aromatic heterocycles. The van der Waals surface area contributed by atoms with Crippen molar-refractivity contribution in [1.29, 1.82) is 0 Å². The van der Waals surface area contributed by atoms with Crippen LogP contribution in [0, 0.1) is 13.8 Å². The first kappa shape index (κ1) is 13.0. The molecule has 1 aromatic rings. The van der Waals surface area contributed by atoms with Crippen LogP contribution >= 0.6 is 0 Å². The Balaban J connectivity index is 3.29. The van der Waals surface area contributed by atoms with Crippen LogP contribution in [0.3, 0.4) is 0 Å². The van der Waals surface area contributed by atoms with Gasteiger partial charge in [0.05, 0.1) is 13.2 Å². The van der Waals surface area contributed by atoms with Gasteiger partial charge in [-0.3, -0.25) is 0 Å². The van der Waals surface area contributed by atoms with Crippen LogP contribution in [0.4, 0.5) is 0 Å². The maximum atomic E-state index is 5.84. The predicted molar refractivity (Wildman–Crippen MR) is 68.0 cm³/mol. The fourth-order valence-corrected chi connectivity index (χ4v) is 2.12. The highest BCUT2D eigenvalue weighted by atomic mass is 16.5. The van der Waals surface area contributed by atoms with Gasteiger partial charge in [0.25, 0.3) is 0 Å². The third-order valence-electron chi connectivity index (χ3n) is 2.89. The van der Waals surface area contributed by atoms with Crippen LogP contribution < -0.4 is 10.5 Å². The van der Waals surface area contributed by atoms with Gasteiger partial charge in [0.15, 0.2) is 0 Å². The average molecular weight is 222 g/mol. The van der Waals surface area contributed by atoms with Crippen LogP contribution in [-0.4, -0.2) is 32.6 Å². The molecule has 1 atom stereocenters. The topological polar surface area (TPSA) is 38.5 Å². The predicted octanol–water partition coefficient (Wildman–Crippen LogP) is 1.87. The fourth-order valence-electron chi connectivity index (χ4n) is 2.12. The zero-order valence-electron chi connectivity index (χ0n) is 10.9. The van der Waals surface area contributed by atoms with Crippen molar-refractivity contribution in [2.45, 2.75) is 19.9 Å². The zero-order chi connectivity index (χ0) is 12.3. The first-order valence-electron chi connectivity index (χ1n) is 5.52. The number of methoxy groups -OCH3 is 1. The van der Waals surface area contributed by atoms with Crippen LogP contribution in [0.1, 0.15) is 22.7 Å². The summed E-state index contributed by atoms with van der Waals surface area (Å²) in [6.45, 7) is 4.77. The summed E-state index contributed by atoms with van der Waals surface area (Å²) < 4.78 is 5.46. The van der Waals surface area contributed by atoms with Gasteiger partial charge < -0.3 is 15.4 Å². The molecule has 3 nitrogen and oxygen atoms in total. The minimum absolute atomic E-state index is 0.204. The molecule has 3 heteroatoms. The molecule has 0 spiro atoms. The van der Waals surface area contributed by atoms with Crippen molar-refractivity contribution in [1.82, 2.24) is 4.90 Å². The Morgan fingerprint density at radius 3 is 2.38 bits per heavy atom. The minimum atomic E-state index is 0.204. The van der Waals surface area contributed by atoms with E-state index in [1.165, 1.54) is 16.7 Å². The van der Waals surface area contributed by atoms with E-state index in [4.69, 9.17) is 10.5 Å². The van der Waals surface area contributed by atoms with E-state index in [0.717, 1.165) is 5.75 Å². The number of rotatable bonds is 4. The van der Waals surface area contributed by atoms with Gasteiger partial charge in [-0.15, -0.1) is 0 Å². The van der Waals surface area contributed by atoms with Gasteiger partial charge in [0.2, 0.25) is 0 Å². The van der Waals surface area contributed by atoms with E-state index >= 15 is 0 Å². The molecule has 0 saturated heterocycles. The third kappa shape index (κ3) is 2.54. The van der Waals surface area contributed by atoms with Gasteiger partial charge in [-0.25, -0.2) is 0 Å². The monoisotopic (exact) mass is 222 g/mol. The number of nitrogens with two attached hydrogens (primary N) is 1. The van der Waals surface area contributed by atoms with Crippen molar-refractivity contribution < 1.29 is 4.74 Å². The van der Waals surface area contributed by atoms with Gasteiger partial charge in [-0.2, -0.15) is 0 Å². The summed E-state index contributed by atoms with van der Waals surface area (Å²) in [5.74, 6) is 0.932. The summed E-state index contributed by atoms with van der Waals surface area (Å²) in [6.07, 6.45) is 0. The second-order valence-corrected chi connectivity index (χ2v) is 4.41. The van der Waals surface area contributed by atoms with Crippen LogP contribution in [0.15, 0.2) is 12.1 Å². The number of hydrogen-bond acceptors (Lipinski definition) is 3.